The van der Waals surface area contributed by atoms with E-state index in [0.717, 1.165) is 89.9 Å². The molecule has 0 N–H and O–H groups in total. The second-order valence-corrected chi connectivity index (χ2v) is 20.6. The molecule has 0 fully saturated rings. The zero-order valence-corrected chi connectivity index (χ0v) is 48.6. The van der Waals surface area contributed by atoms with Gasteiger partial charge in [0.25, 0.3) is 0 Å². The average molecular weight is 1030 g/mol. The molecule has 6 heteroatoms. The Labute approximate surface area is 457 Å². The molecule has 0 amide bonds. The number of hydrogen-bond acceptors (Lipinski definition) is 6. The number of carbonyl (C=O) groups excluding carboxylic acids is 3. The lowest BCUT2D eigenvalue weighted by atomic mass is 10.1. The minimum absolute atomic E-state index is 0.106. The summed E-state index contributed by atoms with van der Waals surface area (Å²) < 4.78 is 16.8. The summed E-state index contributed by atoms with van der Waals surface area (Å²) in [5.74, 6) is -0.998. The zero-order valence-electron chi connectivity index (χ0n) is 48.6. The molecule has 0 aliphatic carbocycles. The quantitative estimate of drug-likeness (QED) is 0.0261. The lowest BCUT2D eigenvalue weighted by Gasteiger charge is -2.18. The molecule has 0 aromatic rings. The maximum atomic E-state index is 12.9. The van der Waals surface area contributed by atoms with E-state index in [9.17, 15) is 14.4 Å². The number of unbranched alkanes of at least 4 members (excludes halogenated alkanes) is 29. The Morgan fingerprint density at radius 3 is 0.905 bits per heavy atom. The minimum Gasteiger partial charge on any atom is -0.462 e. The third-order valence-electron chi connectivity index (χ3n) is 13.3. The van der Waals surface area contributed by atoms with Crippen LogP contribution in [0.2, 0.25) is 0 Å². The molecule has 74 heavy (non-hydrogen) atoms. The number of hydrogen-bond donors (Lipinski definition) is 0. The van der Waals surface area contributed by atoms with E-state index in [1.807, 2.05) is 6.08 Å². The van der Waals surface area contributed by atoms with Crippen LogP contribution in [0.25, 0.3) is 0 Å². The Morgan fingerprint density at radius 2 is 0.554 bits per heavy atom. The van der Waals surface area contributed by atoms with Crippen molar-refractivity contribution in [3.8, 4) is 0 Å². The van der Waals surface area contributed by atoms with Crippen LogP contribution in [0.3, 0.4) is 0 Å². The predicted molar refractivity (Wildman–Crippen MR) is 320 cm³/mol. The topological polar surface area (TPSA) is 78.9 Å². The second-order valence-electron chi connectivity index (χ2n) is 20.6. The number of rotatable bonds is 56. The largest absolute Gasteiger partial charge is 0.462 e. The molecule has 0 aliphatic heterocycles. The van der Waals surface area contributed by atoms with Gasteiger partial charge in [-0.3, -0.25) is 14.4 Å². The van der Waals surface area contributed by atoms with Crippen molar-refractivity contribution < 1.29 is 28.6 Å². The SMILES string of the molecule is CC/C=C\C/C=C\C/C=C\C/C=C\C/C=C\C/C=C\CCC(=O)OCC(COC(=O)CCCCCCC/C=C\CCCCCCCCCCC)OC(=O)CCCCCCCCC/C=C\CCCCCCCCCC. The third-order valence-corrected chi connectivity index (χ3v) is 13.3. The molecule has 6 nitrogen and oxygen atoms in total. The van der Waals surface area contributed by atoms with Gasteiger partial charge in [0.2, 0.25) is 0 Å². The molecule has 1 atom stereocenters. The van der Waals surface area contributed by atoms with Crippen LogP contribution in [0.1, 0.15) is 297 Å². The van der Waals surface area contributed by atoms with Gasteiger partial charge in [-0.25, -0.2) is 0 Å². The molecule has 424 valence electrons. The molecule has 0 aromatic heterocycles. The Kier molecular flexibility index (Phi) is 58.8. The van der Waals surface area contributed by atoms with Crippen LogP contribution in [-0.4, -0.2) is 37.2 Å². The van der Waals surface area contributed by atoms with Crippen molar-refractivity contribution in [3.63, 3.8) is 0 Å². The van der Waals surface area contributed by atoms with Gasteiger partial charge < -0.3 is 14.2 Å². The van der Waals surface area contributed by atoms with E-state index < -0.39 is 6.10 Å². The van der Waals surface area contributed by atoms with Gasteiger partial charge in [-0.05, 0) is 109 Å². The van der Waals surface area contributed by atoms with E-state index in [1.165, 1.54) is 161 Å². The van der Waals surface area contributed by atoms with Gasteiger partial charge in [0.05, 0.1) is 0 Å². The van der Waals surface area contributed by atoms with Crippen LogP contribution in [0.5, 0.6) is 0 Å². The number of ether oxygens (including phenoxy) is 3. The molecule has 0 aromatic carbocycles. The zero-order chi connectivity index (χ0) is 53.6. The molecule has 0 spiro atoms. The summed E-state index contributed by atoms with van der Waals surface area (Å²) in [5.41, 5.74) is 0. The van der Waals surface area contributed by atoms with Gasteiger partial charge in [0.1, 0.15) is 13.2 Å². The minimum atomic E-state index is -0.816. The van der Waals surface area contributed by atoms with E-state index in [0.29, 0.717) is 19.3 Å². The number of allylic oxidation sites excluding steroid dienone is 16. The summed E-state index contributed by atoms with van der Waals surface area (Å²) in [6, 6.07) is 0. The summed E-state index contributed by atoms with van der Waals surface area (Å²) in [7, 11) is 0. The maximum Gasteiger partial charge on any atom is 0.306 e. The first kappa shape index (κ1) is 70.3. The summed E-state index contributed by atoms with van der Waals surface area (Å²) in [4.78, 5) is 38.3. The standard InChI is InChI=1S/C68H116O6/c1-4-7-10-13-16-19-22-25-28-31-34-37-40-43-46-49-52-55-58-61-67(70)73-64-65(63-72-66(69)60-57-54-51-48-45-42-39-36-33-30-27-24-21-18-15-12-9-6-3)74-68(71)62-59-56-53-50-47-44-41-38-35-32-29-26-23-20-17-14-11-8-5-2/h7,10,16,19,25,28,32,34-37,39,43,46,52,55,65H,4-6,8-9,11-15,17-18,20-24,26-27,29-31,33,38,40-42,44-45,47-51,53-54,56-64H2,1-3H3/b10-7-,19-16-,28-25-,35-32-,37-34-,39-36-,46-43-,55-52-. The molecule has 0 heterocycles. The normalized spacial score (nSPS) is 12.7. The van der Waals surface area contributed by atoms with E-state index in [1.54, 1.807) is 0 Å². The molecule has 1 unspecified atom stereocenters. The van der Waals surface area contributed by atoms with Crippen molar-refractivity contribution in [1.29, 1.82) is 0 Å². The van der Waals surface area contributed by atoms with Crippen LogP contribution in [0.4, 0.5) is 0 Å². The molecule has 0 rings (SSSR count). The van der Waals surface area contributed by atoms with Crippen LogP contribution in [0.15, 0.2) is 97.2 Å². The molecule has 0 radical (unpaired) electrons. The Bertz CT molecular complexity index is 1460. The fourth-order valence-electron chi connectivity index (χ4n) is 8.64. The fourth-order valence-corrected chi connectivity index (χ4v) is 8.64. The van der Waals surface area contributed by atoms with Crippen molar-refractivity contribution in [2.24, 2.45) is 0 Å². The van der Waals surface area contributed by atoms with Crippen molar-refractivity contribution in [1.82, 2.24) is 0 Å². The van der Waals surface area contributed by atoms with Gasteiger partial charge in [-0.2, -0.15) is 0 Å². The van der Waals surface area contributed by atoms with Crippen molar-refractivity contribution in [3.05, 3.63) is 97.2 Å². The van der Waals surface area contributed by atoms with E-state index in [2.05, 4.69) is 112 Å². The molecule has 0 saturated heterocycles. The summed E-state index contributed by atoms with van der Waals surface area (Å²) in [5, 5.41) is 0. The van der Waals surface area contributed by atoms with Gasteiger partial charge in [-0.1, -0.05) is 266 Å². The molecule has 0 aliphatic rings. The van der Waals surface area contributed by atoms with Crippen LogP contribution >= 0.6 is 0 Å². The molecular formula is C68H116O6. The van der Waals surface area contributed by atoms with Crippen molar-refractivity contribution >= 4 is 17.9 Å². The number of esters is 3. The average Bonchev–Trinajstić information content (AvgIpc) is 3.40. The monoisotopic (exact) mass is 1030 g/mol. The van der Waals surface area contributed by atoms with Crippen molar-refractivity contribution in [2.75, 3.05) is 13.2 Å². The van der Waals surface area contributed by atoms with Crippen LogP contribution < -0.4 is 0 Å². The highest BCUT2D eigenvalue weighted by Gasteiger charge is 2.19. The summed E-state index contributed by atoms with van der Waals surface area (Å²) in [6.07, 6.45) is 82.8. The van der Waals surface area contributed by atoms with E-state index >= 15 is 0 Å². The highest BCUT2D eigenvalue weighted by atomic mass is 16.6. The lowest BCUT2D eigenvalue weighted by Crippen LogP contribution is -2.30. The van der Waals surface area contributed by atoms with Gasteiger partial charge >= 0.3 is 17.9 Å². The Hall–Kier alpha value is -3.67. The highest BCUT2D eigenvalue weighted by molar-refractivity contribution is 5.71. The van der Waals surface area contributed by atoms with E-state index in [-0.39, 0.29) is 37.5 Å². The lowest BCUT2D eigenvalue weighted by molar-refractivity contribution is -0.166. The predicted octanol–water partition coefficient (Wildman–Crippen LogP) is 21.3. The first-order valence-corrected chi connectivity index (χ1v) is 31.2. The van der Waals surface area contributed by atoms with Crippen LogP contribution in [-0.2, 0) is 28.6 Å². The summed E-state index contributed by atoms with van der Waals surface area (Å²) in [6.45, 7) is 6.48. The first-order valence-electron chi connectivity index (χ1n) is 31.2. The second kappa shape index (κ2) is 61.9. The Morgan fingerprint density at radius 1 is 0.284 bits per heavy atom. The first-order chi connectivity index (χ1) is 36.5. The molecular weight excluding hydrogens is 913 g/mol. The van der Waals surface area contributed by atoms with Gasteiger partial charge in [0.15, 0.2) is 6.10 Å². The highest BCUT2D eigenvalue weighted by Crippen LogP contribution is 2.15. The summed E-state index contributed by atoms with van der Waals surface area (Å²) >= 11 is 0. The maximum absolute atomic E-state index is 12.9. The number of carbonyl (C=O) groups is 3. The fraction of sp³-hybridized carbons (Fsp3) is 0.721. The van der Waals surface area contributed by atoms with Gasteiger partial charge in [-0.15, -0.1) is 0 Å². The van der Waals surface area contributed by atoms with Crippen molar-refractivity contribution in [2.45, 2.75) is 303 Å². The smallest absolute Gasteiger partial charge is 0.306 e. The third kappa shape index (κ3) is 59.2. The van der Waals surface area contributed by atoms with E-state index in [4.69, 9.17) is 14.2 Å². The molecule has 0 saturated carbocycles. The van der Waals surface area contributed by atoms with Gasteiger partial charge in [0, 0.05) is 19.3 Å². The Balaban J connectivity index is 4.50. The van der Waals surface area contributed by atoms with Crippen LogP contribution in [0, 0.1) is 0 Å². The molecule has 0 bridgehead atoms.